The van der Waals surface area contributed by atoms with Crippen molar-refractivity contribution in [3.63, 3.8) is 0 Å². The van der Waals surface area contributed by atoms with Crippen molar-refractivity contribution < 1.29 is 4.79 Å². The fourth-order valence-electron chi connectivity index (χ4n) is 3.43. The third-order valence-corrected chi connectivity index (χ3v) is 5.61. The van der Waals surface area contributed by atoms with Gasteiger partial charge in [0.15, 0.2) is 0 Å². The number of aromatic nitrogens is 2. The Morgan fingerprint density at radius 3 is 2.96 bits per heavy atom. The van der Waals surface area contributed by atoms with Crippen molar-refractivity contribution in [2.45, 2.75) is 25.3 Å². The van der Waals surface area contributed by atoms with E-state index in [0.717, 1.165) is 24.3 Å². The van der Waals surface area contributed by atoms with Crippen LogP contribution in [0.5, 0.6) is 0 Å². The molecule has 3 heterocycles. The zero-order valence-corrected chi connectivity index (χ0v) is 14.6. The maximum Gasteiger partial charge on any atom is 0.261 e. The predicted molar refractivity (Wildman–Crippen MR) is 98.9 cm³/mol. The fraction of sp³-hybridized carbons (Fsp3) is 0.316. The summed E-state index contributed by atoms with van der Waals surface area (Å²) in [6.07, 6.45) is 3.86. The average Bonchev–Trinajstić information content (AvgIpc) is 3.15. The van der Waals surface area contributed by atoms with Gasteiger partial charge in [0.25, 0.3) is 5.56 Å². The van der Waals surface area contributed by atoms with E-state index >= 15 is 0 Å². The van der Waals surface area contributed by atoms with Gasteiger partial charge in [-0.2, -0.15) is 0 Å². The molecule has 1 atom stereocenters. The minimum atomic E-state index is -0.0249. The van der Waals surface area contributed by atoms with Gasteiger partial charge in [-0.15, -0.1) is 11.3 Å². The Morgan fingerprint density at radius 1 is 1.24 bits per heavy atom. The number of carbonyl (C=O) groups is 1. The van der Waals surface area contributed by atoms with Gasteiger partial charge in [0.2, 0.25) is 5.91 Å². The molecule has 5 nitrogen and oxygen atoms in total. The summed E-state index contributed by atoms with van der Waals surface area (Å²) in [5, 5.41) is 2.62. The number of carbonyl (C=O) groups excluding carboxylic acids is 1. The van der Waals surface area contributed by atoms with Crippen molar-refractivity contribution in [1.82, 2.24) is 14.5 Å². The van der Waals surface area contributed by atoms with Crippen LogP contribution in [-0.4, -0.2) is 33.4 Å². The minimum absolute atomic E-state index is 0.00866. The molecule has 128 valence electrons. The number of nitrogens with zero attached hydrogens (tertiary/aromatic N) is 3. The van der Waals surface area contributed by atoms with Gasteiger partial charge in [0.1, 0.15) is 0 Å². The summed E-state index contributed by atoms with van der Waals surface area (Å²) in [5.74, 6) is 0.133. The summed E-state index contributed by atoms with van der Waals surface area (Å²) in [5.41, 5.74) is 0.688. The normalized spacial score (nSPS) is 17.8. The Balaban J connectivity index is 1.56. The van der Waals surface area contributed by atoms with Gasteiger partial charge in [-0.25, -0.2) is 4.98 Å². The van der Waals surface area contributed by atoms with Gasteiger partial charge in [-0.3, -0.25) is 14.2 Å². The van der Waals surface area contributed by atoms with Crippen molar-refractivity contribution >= 4 is 28.1 Å². The molecule has 6 heteroatoms. The van der Waals surface area contributed by atoms with Crippen LogP contribution in [0.15, 0.2) is 52.9 Å². The zero-order valence-electron chi connectivity index (χ0n) is 13.8. The average molecular weight is 353 g/mol. The van der Waals surface area contributed by atoms with Crippen LogP contribution in [0, 0.1) is 0 Å². The van der Waals surface area contributed by atoms with E-state index in [1.165, 1.54) is 0 Å². The molecule has 0 spiro atoms. The molecule has 1 saturated heterocycles. The number of hydrogen-bond acceptors (Lipinski definition) is 4. The third-order valence-electron chi connectivity index (χ3n) is 4.74. The first-order valence-electron chi connectivity index (χ1n) is 8.48. The topological polar surface area (TPSA) is 55.2 Å². The second-order valence-electron chi connectivity index (χ2n) is 6.37. The Morgan fingerprint density at radius 2 is 2.12 bits per heavy atom. The van der Waals surface area contributed by atoms with Crippen LogP contribution in [0.3, 0.4) is 0 Å². The van der Waals surface area contributed by atoms with Crippen LogP contribution in [0.1, 0.15) is 23.8 Å². The Bertz CT molecular complexity index is 949. The number of amides is 1. The number of thiophene rings is 1. The number of rotatable bonds is 3. The molecule has 1 aliphatic rings. The molecule has 25 heavy (non-hydrogen) atoms. The van der Waals surface area contributed by atoms with Crippen molar-refractivity contribution in [3.05, 3.63) is 63.3 Å². The summed E-state index contributed by atoms with van der Waals surface area (Å²) >= 11 is 1.60. The minimum Gasteiger partial charge on any atom is -0.340 e. The van der Waals surface area contributed by atoms with Crippen LogP contribution in [0.2, 0.25) is 0 Å². The number of likely N-dealkylation sites (tertiary alicyclic amines) is 1. The number of benzene rings is 1. The molecule has 1 amide bonds. The summed E-state index contributed by atoms with van der Waals surface area (Å²) in [6, 6.07) is 11.3. The number of fused-ring (bicyclic) bond motifs is 1. The molecule has 3 aromatic rings. The zero-order chi connectivity index (χ0) is 17.2. The molecule has 1 fully saturated rings. The van der Waals surface area contributed by atoms with Crippen molar-refractivity contribution in [3.8, 4) is 0 Å². The first-order valence-corrected chi connectivity index (χ1v) is 9.36. The van der Waals surface area contributed by atoms with Gasteiger partial charge in [-0.05, 0) is 36.4 Å². The molecule has 1 aromatic carbocycles. The number of piperidine rings is 1. The van der Waals surface area contributed by atoms with E-state index in [9.17, 15) is 9.59 Å². The second-order valence-corrected chi connectivity index (χ2v) is 7.40. The predicted octanol–water partition coefficient (Wildman–Crippen LogP) is 2.86. The molecule has 0 N–H and O–H groups in total. The summed E-state index contributed by atoms with van der Waals surface area (Å²) in [4.78, 5) is 32.7. The standard InChI is InChI=1S/C19H19N3O2S/c23-18(11-15-6-4-10-25-15)21-9-3-5-14(12-21)22-13-20-17-8-2-1-7-16(17)19(22)24/h1-2,4,6-8,10,13-14H,3,5,9,11-12H2. The highest BCUT2D eigenvalue weighted by Gasteiger charge is 2.26. The third kappa shape index (κ3) is 3.22. The molecular weight excluding hydrogens is 334 g/mol. The van der Waals surface area contributed by atoms with Crippen molar-refractivity contribution in [2.24, 2.45) is 0 Å². The van der Waals surface area contributed by atoms with E-state index in [4.69, 9.17) is 0 Å². The maximum absolute atomic E-state index is 12.8. The van der Waals surface area contributed by atoms with E-state index in [1.54, 1.807) is 22.2 Å². The number of hydrogen-bond donors (Lipinski definition) is 0. The molecule has 1 unspecified atom stereocenters. The highest BCUT2D eigenvalue weighted by Crippen LogP contribution is 2.22. The monoisotopic (exact) mass is 353 g/mol. The van der Waals surface area contributed by atoms with Crippen LogP contribution in [-0.2, 0) is 11.2 Å². The summed E-state index contributed by atoms with van der Waals surface area (Å²) < 4.78 is 1.70. The fourth-order valence-corrected chi connectivity index (χ4v) is 4.12. The molecule has 0 bridgehead atoms. The quantitative estimate of drug-likeness (QED) is 0.727. The lowest BCUT2D eigenvalue weighted by atomic mass is 10.0. The van der Waals surface area contributed by atoms with Crippen LogP contribution >= 0.6 is 11.3 Å². The van der Waals surface area contributed by atoms with E-state index in [0.29, 0.717) is 23.9 Å². The Kier molecular flexibility index (Phi) is 4.36. The summed E-state index contributed by atoms with van der Waals surface area (Å²) in [6.45, 7) is 1.33. The van der Waals surface area contributed by atoms with Crippen LogP contribution in [0.25, 0.3) is 10.9 Å². The van der Waals surface area contributed by atoms with Gasteiger partial charge in [0, 0.05) is 18.0 Å². The molecule has 0 saturated carbocycles. The van der Waals surface area contributed by atoms with Gasteiger partial charge >= 0.3 is 0 Å². The van der Waals surface area contributed by atoms with Gasteiger partial charge in [0.05, 0.1) is 29.7 Å². The molecule has 4 rings (SSSR count). The Labute approximate surface area is 149 Å². The highest BCUT2D eigenvalue weighted by atomic mass is 32.1. The molecule has 2 aromatic heterocycles. The maximum atomic E-state index is 12.8. The van der Waals surface area contributed by atoms with Crippen molar-refractivity contribution in [1.29, 1.82) is 0 Å². The lowest BCUT2D eigenvalue weighted by molar-refractivity contribution is -0.132. The highest BCUT2D eigenvalue weighted by molar-refractivity contribution is 7.10. The molecular formula is C19H19N3O2S. The first kappa shape index (κ1) is 16.0. The van der Waals surface area contributed by atoms with Crippen LogP contribution < -0.4 is 5.56 Å². The largest absolute Gasteiger partial charge is 0.340 e. The summed E-state index contributed by atoms with van der Waals surface area (Å²) in [7, 11) is 0. The van der Waals surface area contributed by atoms with E-state index in [-0.39, 0.29) is 17.5 Å². The molecule has 1 aliphatic heterocycles. The van der Waals surface area contributed by atoms with E-state index in [1.807, 2.05) is 46.7 Å². The van der Waals surface area contributed by atoms with Gasteiger partial charge in [-0.1, -0.05) is 18.2 Å². The van der Waals surface area contributed by atoms with E-state index < -0.39 is 0 Å². The SMILES string of the molecule is O=C(Cc1cccs1)N1CCCC(n2cnc3ccccc3c2=O)C1. The van der Waals surface area contributed by atoms with Crippen molar-refractivity contribution in [2.75, 3.05) is 13.1 Å². The second kappa shape index (κ2) is 6.80. The smallest absolute Gasteiger partial charge is 0.261 e. The van der Waals surface area contributed by atoms with E-state index in [2.05, 4.69) is 4.98 Å². The molecule has 0 radical (unpaired) electrons. The Hall–Kier alpha value is -2.47. The van der Waals surface area contributed by atoms with Gasteiger partial charge < -0.3 is 4.90 Å². The lowest BCUT2D eigenvalue weighted by Gasteiger charge is -2.33. The lowest BCUT2D eigenvalue weighted by Crippen LogP contribution is -2.43. The number of para-hydroxylation sites is 1. The molecule has 0 aliphatic carbocycles. The van der Waals surface area contributed by atoms with Crippen LogP contribution in [0.4, 0.5) is 0 Å². The first-order chi connectivity index (χ1) is 12.2.